The molecule has 1 saturated carbocycles. The zero-order valence-electron chi connectivity index (χ0n) is 11.7. The summed E-state index contributed by atoms with van der Waals surface area (Å²) in [6.07, 6.45) is 9.86. The summed E-state index contributed by atoms with van der Waals surface area (Å²) < 4.78 is 2.28. The normalized spacial score (nSPS) is 20.0. The van der Waals surface area contributed by atoms with Gasteiger partial charge in [-0.2, -0.15) is 0 Å². The lowest BCUT2D eigenvalue weighted by Crippen LogP contribution is -2.34. The third-order valence-electron chi connectivity index (χ3n) is 4.29. The van der Waals surface area contributed by atoms with Crippen molar-refractivity contribution in [3.8, 4) is 0 Å². The minimum atomic E-state index is 0.497. The van der Waals surface area contributed by atoms with Gasteiger partial charge in [0.15, 0.2) is 0 Å². The highest BCUT2D eigenvalue weighted by Crippen LogP contribution is 2.38. The van der Waals surface area contributed by atoms with E-state index in [4.69, 9.17) is 11.6 Å². The zero-order valence-corrected chi connectivity index (χ0v) is 12.4. The number of anilines is 1. The van der Waals surface area contributed by atoms with Crippen molar-refractivity contribution in [3.63, 3.8) is 0 Å². The van der Waals surface area contributed by atoms with Crippen molar-refractivity contribution in [3.05, 3.63) is 29.6 Å². The molecule has 1 aliphatic carbocycles. The van der Waals surface area contributed by atoms with Gasteiger partial charge in [0.2, 0.25) is 5.95 Å². The molecule has 0 bridgehead atoms. The van der Waals surface area contributed by atoms with E-state index in [1.54, 1.807) is 12.4 Å². The lowest BCUT2D eigenvalue weighted by Gasteiger charge is -2.31. The molecule has 2 aromatic heterocycles. The van der Waals surface area contributed by atoms with E-state index in [9.17, 15) is 0 Å². The molecule has 2 aromatic rings. The van der Waals surface area contributed by atoms with Gasteiger partial charge in [-0.1, -0.05) is 11.6 Å². The van der Waals surface area contributed by atoms with Crippen LogP contribution in [0.25, 0.3) is 0 Å². The van der Waals surface area contributed by atoms with Crippen LogP contribution in [0.2, 0.25) is 5.02 Å². The van der Waals surface area contributed by atoms with E-state index in [0.717, 1.165) is 37.7 Å². The van der Waals surface area contributed by atoms with Gasteiger partial charge in [-0.25, -0.2) is 9.97 Å². The third-order valence-corrected chi connectivity index (χ3v) is 4.49. The number of hydrogen-bond donors (Lipinski definition) is 0. The first kappa shape index (κ1) is 13.0. The first-order valence-corrected chi connectivity index (χ1v) is 7.81. The molecule has 0 atom stereocenters. The van der Waals surface area contributed by atoms with Crippen molar-refractivity contribution in [2.75, 3.05) is 18.0 Å². The molecule has 6 nitrogen and oxygen atoms in total. The predicted molar refractivity (Wildman–Crippen MR) is 79.5 cm³/mol. The molecule has 0 N–H and O–H groups in total. The van der Waals surface area contributed by atoms with Gasteiger partial charge in [0.1, 0.15) is 12.2 Å². The molecule has 0 unspecified atom stereocenters. The molecule has 0 aromatic carbocycles. The molecule has 4 rings (SSSR count). The number of aromatic nitrogens is 5. The van der Waals surface area contributed by atoms with Crippen molar-refractivity contribution >= 4 is 17.5 Å². The van der Waals surface area contributed by atoms with E-state index >= 15 is 0 Å². The van der Waals surface area contributed by atoms with Gasteiger partial charge in [-0.05, 0) is 25.7 Å². The summed E-state index contributed by atoms with van der Waals surface area (Å²) in [5.74, 6) is 2.42. The highest BCUT2D eigenvalue weighted by atomic mass is 35.5. The van der Waals surface area contributed by atoms with Crippen LogP contribution in [0.15, 0.2) is 18.7 Å². The number of halogens is 1. The van der Waals surface area contributed by atoms with Crippen molar-refractivity contribution < 1.29 is 0 Å². The molecular formula is C14H17ClN6. The van der Waals surface area contributed by atoms with Crippen LogP contribution in [0, 0.1) is 0 Å². The van der Waals surface area contributed by atoms with Crippen LogP contribution in [-0.4, -0.2) is 37.8 Å². The molecule has 0 amide bonds. The summed E-state index contributed by atoms with van der Waals surface area (Å²) in [7, 11) is 0. The molecule has 1 aliphatic heterocycles. The van der Waals surface area contributed by atoms with Gasteiger partial charge in [-0.3, -0.25) is 0 Å². The number of piperidine rings is 1. The van der Waals surface area contributed by atoms with E-state index < -0.39 is 0 Å². The summed E-state index contributed by atoms with van der Waals surface area (Å²) in [4.78, 5) is 10.8. The van der Waals surface area contributed by atoms with Gasteiger partial charge >= 0.3 is 0 Å². The van der Waals surface area contributed by atoms with Crippen molar-refractivity contribution in [2.24, 2.45) is 0 Å². The van der Waals surface area contributed by atoms with Crippen LogP contribution >= 0.6 is 11.6 Å². The van der Waals surface area contributed by atoms with Crippen LogP contribution in [0.1, 0.15) is 43.5 Å². The molecule has 0 spiro atoms. The second kappa shape index (κ2) is 5.26. The number of rotatable bonds is 3. The van der Waals surface area contributed by atoms with Crippen LogP contribution in [-0.2, 0) is 0 Å². The number of hydrogen-bond acceptors (Lipinski definition) is 5. The minimum Gasteiger partial charge on any atom is -0.341 e. The summed E-state index contributed by atoms with van der Waals surface area (Å²) in [6.45, 7) is 1.90. The molecule has 1 saturated heterocycles. The van der Waals surface area contributed by atoms with Crippen LogP contribution in [0.3, 0.4) is 0 Å². The lowest BCUT2D eigenvalue weighted by atomic mass is 9.96. The Morgan fingerprint density at radius 3 is 2.43 bits per heavy atom. The van der Waals surface area contributed by atoms with Crippen molar-refractivity contribution in [1.29, 1.82) is 0 Å². The van der Waals surface area contributed by atoms with E-state index in [1.807, 2.05) is 6.33 Å². The summed E-state index contributed by atoms with van der Waals surface area (Å²) in [5, 5.41) is 9.04. The van der Waals surface area contributed by atoms with Gasteiger partial charge < -0.3 is 9.47 Å². The monoisotopic (exact) mass is 304 g/mol. The van der Waals surface area contributed by atoms with Gasteiger partial charge in [0.25, 0.3) is 0 Å². The average molecular weight is 305 g/mol. The standard InChI is InChI=1S/C14H17ClN6/c15-11-7-16-14(17-8-11)20-5-3-10(4-6-20)13-19-18-9-21(13)12-1-2-12/h7-10,12H,1-6H2. The molecule has 21 heavy (non-hydrogen) atoms. The minimum absolute atomic E-state index is 0.497. The SMILES string of the molecule is Clc1cnc(N2CCC(c3nncn3C3CC3)CC2)nc1. The second-order valence-electron chi connectivity index (χ2n) is 5.79. The molecular weight excluding hydrogens is 288 g/mol. The molecule has 2 aliphatic rings. The van der Waals surface area contributed by atoms with Gasteiger partial charge in [-0.15, -0.1) is 10.2 Å². The molecule has 110 valence electrons. The van der Waals surface area contributed by atoms with Gasteiger partial charge in [0, 0.05) is 25.0 Å². The maximum Gasteiger partial charge on any atom is 0.225 e. The van der Waals surface area contributed by atoms with Crippen LogP contribution in [0.5, 0.6) is 0 Å². The fourth-order valence-electron chi connectivity index (χ4n) is 2.98. The maximum atomic E-state index is 5.83. The highest BCUT2D eigenvalue weighted by molar-refractivity contribution is 6.30. The Labute approximate surface area is 128 Å². The Morgan fingerprint density at radius 1 is 1.05 bits per heavy atom. The molecule has 7 heteroatoms. The lowest BCUT2D eigenvalue weighted by molar-refractivity contribution is 0.461. The maximum absolute atomic E-state index is 5.83. The summed E-state index contributed by atoms with van der Waals surface area (Å²) in [6, 6.07) is 0.646. The Hall–Kier alpha value is -1.69. The molecule has 2 fully saturated rings. The Kier molecular flexibility index (Phi) is 3.25. The smallest absolute Gasteiger partial charge is 0.225 e. The largest absolute Gasteiger partial charge is 0.341 e. The fraction of sp³-hybridized carbons (Fsp3) is 0.571. The third kappa shape index (κ3) is 2.60. The predicted octanol–water partition coefficient (Wildman–Crippen LogP) is 2.44. The first-order valence-electron chi connectivity index (χ1n) is 7.43. The topological polar surface area (TPSA) is 59.7 Å². The van der Waals surface area contributed by atoms with Crippen LogP contribution < -0.4 is 4.90 Å². The first-order chi connectivity index (χ1) is 10.3. The number of nitrogens with zero attached hydrogens (tertiary/aromatic N) is 6. The van der Waals surface area contributed by atoms with E-state index in [-0.39, 0.29) is 0 Å². The van der Waals surface area contributed by atoms with Crippen molar-refractivity contribution in [1.82, 2.24) is 24.7 Å². The van der Waals surface area contributed by atoms with Crippen LogP contribution in [0.4, 0.5) is 5.95 Å². The summed E-state index contributed by atoms with van der Waals surface area (Å²) >= 11 is 5.83. The average Bonchev–Trinajstić information content (AvgIpc) is 3.25. The Balaban J connectivity index is 1.44. The summed E-state index contributed by atoms with van der Waals surface area (Å²) in [5.41, 5.74) is 0. The van der Waals surface area contributed by atoms with Crippen molar-refractivity contribution in [2.45, 2.75) is 37.6 Å². The Morgan fingerprint density at radius 2 is 1.76 bits per heavy atom. The quantitative estimate of drug-likeness (QED) is 0.871. The fourth-order valence-corrected chi connectivity index (χ4v) is 3.08. The Bertz CT molecular complexity index is 613. The van der Waals surface area contributed by atoms with E-state index in [0.29, 0.717) is 17.0 Å². The second-order valence-corrected chi connectivity index (χ2v) is 6.23. The molecule has 3 heterocycles. The highest BCUT2D eigenvalue weighted by Gasteiger charge is 2.31. The van der Waals surface area contributed by atoms with E-state index in [2.05, 4.69) is 29.6 Å². The van der Waals surface area contributed by atoms with E-state index in [1.165, 1.54) is 12.8 Å². The molecule has 0 radical (unpaired) electrons. The van der Waals surface area contributed by atoms with Gasteiger partial charge in [0.05, 0.1) is 17.4 Å². The zero-order chi connectivity index (χ0) is 14.2.